The molecule has 0 radical (unpaired) electrons. The molecule has 0 atom stereocenters. The van der Waals surface area contributed by atoms with Gasteiger partial charge in [-0.15, -0.1) is 0 Å². The predicted molar refractivity (Wildman–Crippen MR) is 69.7 cm³/mol. The zero-order valence-electron chi connectivity index (χ0n) is 11.0. The summed E-state index contributed by atoms with van der Waals surface area (Å²) in [6.45, 7) is 6.03. The lowest BCUT2D eigenvalue weighted by Crippen LogP contribution is -2.15. The lowest BCUT2D eigenvalue weighted by Gasteiger charge is -2.03. The van der Waals surface area contributed by atoms with Crippen molar-refractivity contribution in [3.8, 4) is 0 Å². The molecule has 0 bridgehead atoms. The topological polar surface area (TPSA) is 47.8 Å². The molecule has 4 nitrogen and oxygen atoms in total. The maximum atomic E-state index is 12.3. The average Bonchev–Trinajstić information content (AvgIpc) is 2.67. The van der Waals surface area contributed by atoms with Crippen LogP contribution < -0.4 is 0 Å². The van der Waals surface area contributed by atoms with Crippen molar-refractivity contribution in [2.24, 2.45) is 0 Å². The highest BCUT2D eigenvalue weighted by Gasteiger charge is 2.16. The second-order valence-electron chi connectivity index (χ2n) is 4.35. The van der Waals surface area contributed by atoms with Crippen LogP contribution in [0.15, 0.2) is 24.5 Å². The Morgan fingerprint density at radius 2 is 1.94 bits per heavy atom. The van der Waals surface area contributed by atoms with Gasteiger partial charge in [0, 0.05) is 23.7 Å². The van der Waals surface area contributed by atoms with E-state index in [1.165, 1.54) is 10.2 Å². The lowest BCUT2D eigenvalue weighted by molar-refractivity contribution is 0.0942. The number of nitrogens with zero attached hydrogens (tertiary/aromatic N) is 3. The summed E-state index contributed by atoms with van der Waals surface area (Å²) < 4.78 is 1.50. The largest absolute Gasteiger partial charge is 0.278 e. The minimum atomic E-state index is -0.0969. The summed E-state index contributed by atoms with van der Waals surface area (Å²) in [6.07, 6.45) is 5.25. The van der Waals surface area contributed by atoms with Gasteiger partial charge in [-0.1, -0.05) is 13.3 Å². The first-order valence-corrected chi connectivity index (χ1v) is 6.15. The molecular weight excluding hydrogens is 226 g/mol. The smallest absolute Gasteiger partial charge is 0.267 e. The molecule has 94 valence electrons. The third-order valence-electron chi connectivity index (χ3n) is 3.06. The Morgan fingerprint density at radius 1 is 1.28 bits per heavy atom. The van der Waals surface area contributed by atoms with Gasteiger partial charge < -0.3 is 0 Å². The zero-order valence-corrected chi connectivity index (χ0v) is 11.0. The molecule has 0 saturated carbocycles. The van der Waals surface area contributed by atoms with Crippen LogP contribution in [0.4, 0.5) is 0 Å². The fourth-order valence-electron chi connectivity index (χ4n) is 2.10. The van der Waals surface area contributed by atoms with E-state index in [9.17, 15) is 4.79 Å². The fraction of sp³-hybridized carbons (Fsp3) is 0.357. The normalized spacial score (nSPS) is 10.6. The van der Waals surface area contributed by atoms with E-state index in [1.54, 1.807) is 24.5 Å². The molecule has 2 aromatic heterocycles. The molecule has 0 amide bonds. The van der Waals surface area contributed by atoms with E-state index in [-0.39, 0.29) is 5.91 Å². The first-order chi connectivity index (χ1) is 8.65. The van der Waals surface area contributed by atoms with Gasteiger partial charge in [0.2, 0.25) is 0 Å². The van der Waals surface area contributed by atoms with Crippen LogP contribution in [0, 0.1) is 13.8 Å². The minimum absolute atomic E-state index is 0.0969. The van der Waals surface area contributed by atoms with Crippen molar-refractivity contribution in [2.75, 3.05) is 0 Å². The van der Waals surface area contributed by atoms with Crippen LogP contribution in [-0.2, 0) is 6.42 Å². The van der Waals surface area contributed by atoms with E-state index in [0.29, 0.717) is 5.56 Å². The van der Waals surface area contributed by atoms with Crippen LogP contribution in [0.2, 0.25) is 0 Å². The molecule has 0 aliphatic heterocycles. The quantitative estimate of drug-likeness (QED) is 0.832. The highest BCUT2D eigenvalue weighted by atomic mass is 16.2. The van der Waals surface area contributed by atoms with Crippen molar-refractivity contribution in [1.82, 2.24) is 14.8 Å². The van der Waals surface area contributed by atoms with Gasteiger partial charge in [0.25, 0.3) is 5.91 Å². The number of hydrogen-bond acceptors (Lipinski definition) is 3. The molecule has 0 fully saturated rings. The molecule has 0 aliphatic carbocycles. The van der Waals surface area contributed by atoms with E-state index in [0.717, 1.165) is 24.2 Å². The molecule has 0 unspecified atom stereocenters. The van der Waals surface area contributed by atoms with Gasteiger partial charge in [-0.2, -0.15) is 5.10 Å². The van der Waals surface area contributed by atoms with Crippen molar-refractivity contribution in [1.29, 1.82) is 0 Å². The van der Waals surface area contributed by atoms with Gasteiger partial charge in [-0.25, -0.2) is 4.68 Å². The van der Waals surface area contributed by atoms with Gasteiger partial charge >= 0.3 is 0 Å². The van der Waals surface area contributed by atoms with Crippen molar-refractivity contribution in [3.63, 3.8) is 0 Å². The molecule has 0 saturated heterocycles. The molecule has 18 heavy (non-hydrogen) atoms. The van der Waals surface area contributed by atoms with Gasteiger partial charge in [-0.3, -0.25) is 9.78 Å². The Morgan fingerprint density at radius 3 is 2.56 bits per heavy atom. The van der Waals surface area contributed by atoms with Gasteiger partial charge in [0.1, 0.15) is 0 Å². The lowest BCUT2D eigenvalue weighted by atomic mass is 10.1. The van der Waals surface area contributed by atoms with Crippen molar-refractivity contribution < 1.29 is 4.79 Å². The number of carbonyl (C=O) groups is 1. The standard InChI is InChI=1S/C14H17N3O/c1-4-5-13-10(2)16-17(11(13)3)14(18)12-6-8-15-9-7-12/h6-9H,4-5H2,1-3H3. The highest BCUT2D eigenvalue weighted by Crippen LogP contribution is 2.16. The molecule has 0 spiro atoms. The third kappa shape index (κ3) is 2.18. The van der Waals surface area contributed by atoms with Crippen LogP contribution in [0.5, 0.6) is 0 Å². The zero-order chi connectivity index (χ0) is 13.1. The molecule has 0 N–H and O–H groups in total. The Bertz CT molecular complexity index is 558. The number of carbonyl (C=O) groups excluding carboxylic acids is 1. The number of rotatable bonds is 3. The highest BCUT2D eigenvalue weighted by molar-refractivity contribution is 5.95. The number of hydrogen-bond donors (Lipinski definition) is 0. The van der Waals surface area contributed by atoms with Crippen LogP contribution in [0.3, 0.4) is 0 Å². The summed E-state index contributed by atoms with van der Waals surface area (Å²) in [6, 6.07) is 3.41. The number of pyridine rings is 1. The minimum Gasteiger partial charge on any atom is -0.267 e. The Hall–Kier alpha value is -1.97. The van der Waals surface area contributed by atoms with Crippen LogP contribution in [0.1, 0.15) is 40.7 Å². The van der Waals surface area contributed by atoms with Crippen LogP contribution in [0.25, 0.3) is 0 Å². The number of aryl methyl sites for hydroxylation is 1. The molecule has 0 aromatic carbocycles. The summed E-state index contributed by atoms with van der Waals surface area (Å²) in [5.41, 5.74) is 3.67. The van der Waals surface area contributed by atoms with Crippen molar-refractivity contribution in [2.45, 2.75) is 33.6 Å². The Kier molecular flexibility index (Phi) is 3.55. The second-order valence-corrected chi connectivity index (χ2v) is 4.35. The second kappa shape index (κ2) is 5.12. The molecule has 2 heterocycles. The fourth-order valence-corrected chi connectivity index (χ4v) is 2.10. The van der Waals surface area contributed by atoms with E-state index >= 15 is 0 Å². The predicted octanol–water partition coefficient (Wildman–Crippen LogP) is 2.54. The van der Waals surface area contributed by atoms with E-state index in [1.807, 2.05) is 13.8 Å². The Labute approximate surface area is 107 Å². The van der Waals surface area contributed by atoms with Gasteiger partial charge in [0.15, 0.2) is 0 Å². The SMILES string of the molecule is CCCc1c(C)nn(C(=O)c2ccncc2)c1C. The monoisotopic (exact) mass is 243 g/mol. The maximum absolute atomic E-state index is 12.3. The van der Waals surface area contributed by atoms with E-state index < -0.39 is 0 Å². The van der Waals surface area contributed by atoms with Crippen molar-refractivity contribution >= 4 is 5.91 Å². The van der Waals surface area contributed by atoms with Gasteiger partial charge in [-0.05, 0) is 38.0 Å². The summed E-state index contributed by atoms with van der Waals surface area (Å²) in [5, 5.41) is 4.35. The molecule has 4 heteroatoms. The first-order valence-electron chi connectivity index (χ1n) is 6.15. The molecule has 2 aromatic rings. The summed E-state index contributed by atoms with van der Waals surface area (Å²) >= 11 is 0. The summed E-state index contributed by atoms with van der Waals surface area (Å²) in [7, 11) is 0. The molecule has 0 aliphatic rings. The van der Waals surface area contributed by atoms with Crippen molar-refractivity contribution in [3.05, 3.63) is 47.0 Å². The molecule has 2 rings (SSSR count). The maximum Gasteiger partial charge on any atom is 0.278 e. The summed E-state index contributed by atoms with van der Waals surface area (Å²) in [5.74, 6) is -0.0969. The van der Waals surface area contributed by atoms with E-state index in [2.05, 4.69) is 17.0 Å². The Balaban J connectivity index is 2.41. The average molecular weight is 243 g/mol. The van der Waals surface area contributed by atoms with Gasteiger partial charge in [0.05, 0.1) is 5.69 Å². The van der Waals surface area contributed by atoms with Crippen LogP contribution in [-0.4, -0.2) is 20.7 Å². The molecular formula is C14H17N3O. The summed E-state index contributed by atoms with van der Waals surface area (Å²) in [4.78, 5) is 16.2. The van der Waals surface area contributed by atoms with Crippen LogP contribution >= 0.6 is 0 Å². The third-order valence-corrected chi connectivity index (χ3v) is 3.06. The van der Waals surface area contributed by atoms with E-state index in [4.69, 9.17) is 0 Å². The number of aromatic nitrogens is 3. The first kappa shape index (κ1) is 12.5.